The van der Waals surface area contributed by atoms with Gasteiger partial charge in [0.05, 0.1) is 17.9 Å². The second kappa shape index (κ2) is 3.35. The lowest BCUT2D eigenvalue weighted by Crippen LogP contribution is -1.98. The predicted octanol–water partition coefficient (Wildman–Crippen LogP) is 1.56. The molecule has 1 aromatic carbocycles. The summed E-state index contributed by atoms with van der Waals surface area (Å²) in [5.74, 6) is 0.673. The largest absolute Gasteiger partial charge is 0.383 e. The lowest BCUT2D eigenvalue weighted by atomic mass is 10.1. The Labute approximate surface area is 98.5 Å². The first-order valence-corrected chi connectivity index (χ1v) is 5.36. The Morgan fingerprint density at radius 3 is 2.53 bits per heavy atom. The van der Waals surface area contributed by atoms with Crippen molar-refractivity contribution >= 4 is 16.7 Å². The summed E-state index contributed by atoms with van der Waals surface area (Å²) >= 11 is 0. The number of rotatable bonds is 1. The third-order valence-electron chi connectivity index (χ3n) is 3.04. The minimum atomic E-state index is 0.673. The molecule has 0 spiro atoms. The molecule has 0 saturated carbocycles. The molecule has 2 heterocycles. The first-order chi connectivity index (χ1) is 8.16. The van der Waals surface area contributed by atoms with Crippen LogP contribution in [0.25, 0.3) is 22.0 Å². The van der Waals surface area contributed by atoms with Gasteiger partial charge < -0.3 is 5.73 Å². The normalized spacial score (nSPS) is 11.2. The van der Waals surface area contributed by atoms with Gasteiger partial charge in [0.15, 0.2) is 0 Å². The Morgan fingerprint density at radius 2 is 1.82 bits per heavy atom. The average Bonchev–Trinajstić information content (AvgIpc) is 2.85. The van der Waals surface area contributed by atoms with Crippen LogP contribution in [0.5, 0.6) is 0 Å². The van der Waals surface area contributed by atoms with E-state index in [1.807, 2.05) is 37.1 Å². The van der Waals surface area contributed by atoms with Crippen molar-refractivity contribution < 1.29 is 0 Å². The van der Waals surface area contributed by atoms with E-state index in [0.717, 1.165) is 22.0 Å². The zero-order valence-corrected chi connectivity index (χ0v) is 9.75. The van der Waals surface area contributed by atoms with Gasteiger partial charge in [0.2, 0.25) is 0 Å². The molecular weight excluding hydrogens is 214 g/mol. The molecule has 0 unspecified atom stereocenters. The van der Waals surface area contributed by atoms with Crippen molar-refractivity contribution in [1.82, 2.24) is 19.6 Å². The van der Waals surface area contributed by atoms with Gasteiger partial charge in [0, 0.05) is 25.0 Å². The summed E-state index contributed by atoms with van der Waals surface area (Å²) in [7, 11) is 3.76. The zero-order chi connectivity index (χ0) is 12.0. The minimum absolute atomic E-state index is 0.673. The fraction of sp³-hybridized carbons (Fsp3) is 0.167. The first kappa shape index (κ1) is 9.89. The third kappa shape index (κ3) is 1.39. The molecule has 86 valence electrons. The van der Waals surface area contributed by atoms with Crippen molar-refractivity contribution in [2.75, 3.05) is 5.73 Å². The van der Waals surface area contributed by atoms with Gasteiger partial charge in [0.25, 0.3) is 0 Å². The minimum Gasteiger partial charge on any atom is -0.383 e. The van der Waals surface area contributed by atoms with Crippen molar-refractivity contribution in [3.05, 3.63) is 30.6 Å². The van der Waals surface area contributed by atoms with Crippen LogP contribution < -0.4 is 5.73 Å². The van der Waals surface area contributed by atoms with Crippen LogP contribution in [0.2, 0.25) is 0 Å². The highest BCUT2D eigenvalue weighted by Gasteiger charge is 2.09. The van der Waals surface area contributed by atoms with Gasteiger partial charge in [0.1, 0.15) is 5.82 Å². The molecule has 0 amide bonds. The summed E-state index contributed by atoms with van der Waals surface area (Å²) in [6.07, 6.45) is 3.64. The second-order valence-corrected chi connectivity index (χ2v) is 4.11. The predicted molar refractivity (Wildman–Crippen MR) is 67.3 cm³/mol. The average molecular weight is 227 g/mol. The molecule has 0 radical (unpaired) electrons. The number of nitrogens with two attached hydrogens (primary N) is 1. The highest BCUT2D eigenvalue weighted by atomic mass is 15.3. The van der Waals surface area contributed by atoms with E-state index >= 15 is 0 Å². The van der Waals surface area contributed by atoms with Crippen LogP contribution in [0.1, 0.15) is 0 Å². The molecule has 0 aliphatic rings. The molecular formula is C12H13N5. The maximum absolute atomic E-state index is 5.97. The van der Waals surface area contributed by atoms with Crippen LogP contribution in [0.4, 0.5) is 5.82 Å². The van der Waals surface area contributed by atoms with Crippen LogP contribution in [-0.2, 0) is 14.1 Å². The van der Waals surface area contributed by atoms with Crippen molar-refractivity contribution in [1.29, 1.82) is 0 Å². The third-order valence-corrected chi connectivity index (χ3v) is 3.04. The van der Waals surface area contributed by atoms with Gasteiger partial charge in [-0.1, -0.05) is 12.1 Å². The lowest BCUT2D eigenvalue weighted by Gasteiger charge is -2.02. The summed E-state index contributed by atoms with van der Waals surface area (Å²) in [4.78, 5) is 0. The SMILES string of the molecule is Cn1ncc(-c2ccc3cnn(C)c3c2)c1N. The van der Waals surface area contributed by atoms with Crippen LogP contribution in [0, 0.1) is 0 Å². The van der Waals surface area contributed by atoms with E-state index in [1.165, 1.54) is 0 Å². The fourth-order valence-corrected chi connectivity index (χ4v) is 1.98. The number of aromatic nitrogens is 4. The zero-order valence-electron chi connectivity index (χ0n) is 9.75. The quantitative estimate of drug-likeness (QED) is 0.686. The van der Waals surface area contributed by atoms with Crippen molar-refractivity contribution in [2.24, 2.45) is 14.1 Å². The standard InChI is InChI=1S/C12H13N5/c1-16-11-5-8(3-4-9(11)6-14-16)10-7-15-17(2)12(10)13/h3-7H,13H2,1-2H3. The van der Waals surface area contributed by atoms with Gasteiger partial charge in [-0.3, -0.25) is 9.36 Å². The molecule has 0 bridgehead atoms. The summed E-state index contributed by atoms with van der Waals surface area (Å²) in [5, 5.41) is 9.50. The summed E-state index contributed by atoms with van der Waals surface area (Å²) in [6, 6.07) is 6.16. The molecule has 0 atom stereocenters. The summed E-state index contributed by atoms with van der Waals surface area (Å²) < 4.78 is 3.52. The van der Waals surface area contributed by atoms with E-state index in [1.54, 1.807) is 10.9 Å². The number of hydrogen-bond donors (Lipinski definition) is 1. The Balaban J connectivity index is 2.24. The number of aryl methyl sites for hydroxylation is 2. The summed E-state index contributed by atoms with van der Waals surface area (Å²) in [5.41, 5.74) is 9.07. The molecule has 2 aromatic heterocycles. The van der Waals surface area contributed by atoms with Gasteiger partial charge in [-0.25, -0.2) is 0 Å². The van der Waals surface area contributed by atoms with E-state index in [4.69, 9.17) is 5.73 Å². The van der Waals surface area contributed by atoms with E-state index in [9.17, 15) is 0 Å². The van der Waals surface area contributed by atoms with Crippen LogP contribution in [-0.4, -0.2) is 19.6 Å². The molecule has 0 aliphatic carbocycles. The highest BCUT2D eigenvalue weighted by molar-refractivity contribution is 5.86. The lowest BCUT2D eigenvalue weighted by molar-refractivity contribution is 0.779. The molecule has 2 N–H and O–H groups in total. The van der Waals surface area contributed by atoms with E-state index in [-0.39, 0.29) is 0 Å². The molecule has 5 nitrogen and oxygen atoms in total. The number of fused-ring (bicyclic) bond motifs is 1. The molecule has 17 heavy (non-hydrogen) atoms. The molecule has 0 saturated heterocycles. The van der Waals surface area contributed by atoms with Crippen molar-refractivity contribution in [3.63, 3.8) is 0 Å². The smallest absolute Gasteiger partial charge is 0.129 e. The van der Waals surface area contributed by atoms with Gasteiger partial charge in [-0.05, 0) is 11.6 Å². The van der Waals surface area contributed by atoms with Crippen molar-refractivity contribution in [2.45, 2.75) is 0 Å². The molecule has 0 fully saturated rings. The van der Waals surface area contributed by atoms with Gasteiger partial charge >= 0.3 is 0 Å². The summed E-state index contributed by atoms with van der Waals surface area (Å²) in [6.45, 7) is 0. The Morgan fingerprint density at radius 1 is 1.06 bits per heavy atom. The maximum Gasteiger partial charge on any atom is 0.129 e. The monoisotopic (exact) mass is 227 g/mol. The molecule has 3 aromatic rings. The molecule has 0 aliphatic heterocycles. The van der Waals surface area contributed by atoms with E-state index in [0.29, 0.717) is 5.82 Å². The first-order valence-electron chi connectivity index (χ1n) is 5.36. The highest BCUT2D eigenvalue weighted by Crippen LogP contribution is 2.27. The Hall–Kier alpha value is -2.30. The number of nitrogens with zero attached hydrogens (tertiary/aromatic N) is 4. The Kier molecular flexibility index (Phi) is 1.95. The number of nitrogen functional groups attached to an aromatic ring is 1. The number of hydrogen-bond acceptors (Lipinski definition) is 3. The van der Waals surface area contributed by atoms with Crippen molar-refractivity contribution in [3.8, 4) is 11.1 Å². The van der Waals surface area contributed by atoms with E-state index in [2.05, 4.69) is 16.3 Å². The van der Waals surface area contributed by atoms with Gasteiger partial charge in [-0.15, -0.1) is 0 Å². The topological polar surface area (TPSA) is 61.7 Å². The van der Waals surface area contributed by atoms with Gasteiger partial charge in [-0.2, -0.15) is 10.2 Å². The van der Waals surface area contributed by atoms with Crippen LogP contribution in [0.3, 0.4) is 0 Å². The Bertz CT molecular complexity index is 692. The number of benzene rings is 1. The fourth-order valence-electron chi connectivity index (χ4n) is 1.98. The molecule has 3 rings (SSSR count). The maximum atomic E-state index is 5.97. The van der Waals surface area contributed by atoms with Crippen LogP contribution >= 0.6 is 0 Å². The second-order valence-electron chi connectivity index (χ2n) is 4.11. The number of anilines is 1. The molecule has 5 heteroatoms. The van der Waals surface area contributed by atoms with E-state index < -0.39 is 0 Å². The van der Waals surface area contributed by atoms with Crippen LogP contribution in [0.15, 0.2) is 30.6 Å².